The highest BCUT2D eigenvalue weighted by Crippen LogP contribution is 2.43. The van der Waals surface area contributed by atoms with E-state index in [4.69, 9.17) is 5.11 Å². The number of amides is 2. The Kier molecular flexibility index (Phi) is 4.50. The van der Waals surface area contributed by atoms with Crippen molar-refractivity contribution in [3.8, 4) is 0 Å². The number of aliphatic carboxylic acids is 1. The fourth-order valence-electron chi connectivity index (χ4n) is 2.75. The molecule has 1 aliphatic carbocycles. The molecule has 0 saturated heterocycles. The molecule has 0 spiro atoms. The third-order valence-electron chi connectivity index (χ3n) is 4.05. The summed E-state index contributed by atoms with van der Waals surface area (Å²) in [6.07, 6.45) is 5.34. The number of nitrogens with zero attached hydrogens (tertiary/aromatic N) is 2. The number of carbonyl (C=O) groups excluding carboxylic acids is 1. The van der Waals surface area contributed by atoms with Crippen LogP contribution in [0.3, 0.4) is 0 Å². The molecule has 1 aromatic rings. The highest BCUT2D eigenvalue weighted by atomic mass is 16.4. The number of hydrogen-bond acceptors (Lipinski definition) is 3. The zero-order chi connectivity index (χ0) is 15.5. The van der Waals surface area contributed by atoms with E-state index in [1.807, 2.05) is 6.92 Å². The van der Waals surface area contributed by atoms with Crippen LogP contribution < -0.4 is 10.6 Å². The first kappa shape index (κ1) is 15.3. The topological polar surface area (TPSA) is 96.3 Å². The van der Waals surface area contributed by atoms with Gasteiger partial charge >= 0.3 is 12.0 Å². The zero-order valence-corrected chi connectivity index (χ0v) is 12.5. The Morgan fingerprint density at radius 3 is 2.71 bits per heavy atom. The lowest BCUT2D eigenvalue weighted by molar-refractivity contribution is -0.141. The van der Waals surface area contributed by atoms with Crippen molar-refractivity contribution < 1.29 is 14.7 Å². The van der Waals surface area contributed by atoms with Crippen molar-refractivity contribution in [3.05, 3.63) is 11.9 Å². The van der Waals surface area contributed by atoms with Crippen LogP contribution in [0.5, 0.6) is 0 Å². The summed E-state index contributed by atoms with van der Waals surface area (Å²) in [6, 6.07) is -0.311. The van der Waals surface area contributed by atoms with Gasteiger partial charge in [0.15, 0.2) is 0 Å². The van der Waals surface area contributed by atoms with Gasteiger partial charge in [-0.3, -0.25) is 9.48 Å². The van der Waals surface area contributed by atoms with E-state index in [9.17, 15) is 9.59 Å². The van der Waals surface area contributed by atoms with Gasteiger partial charge in [-0.15, -0.1) is 0 Å². The number of rotatable bonds is 6. The Morgan fingerprint density at radius 2 is 2.19 bits per heavy atom. The molecule has 1 aliphatic rings. The van der Waals surface area contributed by atoms with Gasteiger partial charge in [-0.2, -0.15) is 5.10 Å². The number of urea groups is 1. The molecule has 1 saturated carbocycles. The maximum atomic E-state index is 12.0. The summed E-state index contributed by atoms with van der Waals surface area (Å²) < 4.78 is 1.66. The molecule has 0 unspecified atom stereocenters. The standard InChI is InChI=1S/C14H22N4O3/c1-3-10-11(8-18(2)17-10)16-13(21)15-9-14(5-4-6-14)7-12(19)20/h8H,3-7,9H2,1-2H3,(H,19,20)(H2,15,16,21). The van der Waals surface area contributed by atoms with E-state index < -0.39 is 5.97 Å². The smallest absolute Gasteiger partial charge is 0.319 e. The maximum Gasteiger partial charge on any atom is 0.319 e. The number of carboxylic acid groups (broad SMARTS) is 1. The monoisotopic (exact) mass is 294 g/mol. The second-order valence-corrected chi connectivity index (χ2v) is 5.75. The van der Waals surface area contributed by atoms with Gasteiger partial charge < -0.3 is 15.7 Å². The van der Waals surface area contributed by atoms with E-state index in [0.29, 0.717) is 12.2 Å². The highest BCUT2D eigenvalue weighted by molar-refractivity contribution is 5.89. The normalized spacial score (nSPS) is 16.1. The summed E-state index contributed by atoms with van der Waals surface area (Å²) in [7, 11) is 1.80. The van der Waals surface area contributed by atoms with Crippen molar-refractivity contribution in [2.75, 3.05) is 11.9 Å². The first-order valence-corrected chi connectivity index (χ1v) is 7.23. The fourth-order valence-corrected chi connectivity index (χ4v) is 2.75. The van der Waals surface area contributed by atoms with Gasteiger partial charge in [-0.05, 0) is 24.7 Å². The average molecular weight is 294 g/mol. The first-order chi connectivity index (χ1) is 9.94. The third-order valence-corrected chi connectivity index (χ3v) is 4.05. The first-order valence-electron chi connectivity index (χ1n) is 7.23. The van der Waals surface area contributed by atoms with Gasteiger partial charge in [0.05, 0.1) is 17.8 Å². The Labute approximate surface area is 123 Å². The number of aromatic nitrogens is 2. The second-order valence-electron chi connectivity index (χ2n) is 5.75. The minimum atomic E-state index is -0.808. The molecule has 7 heteroatoms. The van der Waals surface area contributed by atoms with Crippen LogP contribution in [0.15, 0.2) is 6.20 Å². The molecule has 0 atom stereocenters. The maximum absolute atomic E-state index is 12.0. The second kappa shape index (κ2) is 6.15. The van der Waals surface area contributed by atoms with Crippen LogP contribution in [0.2, 0.25) is 0 Å². The molecule has 1 heterocycles. The predicted octanol–water partition coefficient (Wildman–Crippen LogP) is 1.75. The lowest BCUT2D eigenvalue weighted by Crippen LogP contribution is -2.44. The number of aryl methyl sites for hydroxylation is 2. The molecule has 1 aromatic heterocycles. The molecule has 21 heavy (non-hydrogen) atoms. The molecule has 2 amide bonds. The minimum absolute atomic E-state index is 0.111. The summed E-state index contributed by atoms with van der Waals surface area (Å²) in [5, 5.41) is 18.8. The van der Waals surface area contributed by atoms with Gasteiger partial charge in [0.25, 0.3) is 0 Å². The summed E-state index contributed by atoms with van der Waals surface area (Å²) in [4.78, 5) is 22.8. The van der Waals surface area contributed by atoms with E-state index in [1.54, 1.807) is 17.9 Å². The molecule has 3 N–H and O–H groups in total. The summed E-state index contributed by atoms with van der Waals surface area (Å²) in [5.74, 6) is -0.808. The Hall–Kier alpha value is -2.05. The highest BCUT2D eigenvalue weighted by Gasteiger charge is 2.39. The summed E-state index contributed by atoms with van der Waals surface area (Å²) in [6.45, 7) is 2.37. The third kappa shape index (κ3) is 3.74. The lowest BCUT2D eigenvalue weighted by Gasteiger charge is -2.40. The zero-order valence-electron chi connectivity index (χ0n) is 12.5. The largest absolute Gasteiger partial charge is 0.481 e. The Balaban J connectivity index is 1.88. The van der Waals surface area contributed by atoms with Crippen molar-refractivity contribution in [1.29, 1.82) is 0 Å². The molecule has 0 bridgehead atoms. The molecule has 116 valence electrons. The van der Waals surface area contributed by atoms with Gasteiger partial charge in [-0.1, -0.05) is 13.3 Å². The molecule has 0 aromatic carbocycles. The number of hydrogen-bond donors (Lipinski definition) is 3. The van der Waals surface area contributed by atoms with Crippen LogP contribution in [0.25, 0.3) is 0 Å². The molecular weight excluding hydrogens is 272 g/mol. The average Bonchev–Trinajstić information content (AvgIpc) is 2.72. The fraction of sp³-hybridized carbons (Fsp3) is 0.643. The van der Waals surface area contributed by atoms with Gasteiger partial charge in [0, 0.05) is 19.8 Å². The van der Waals surface area contributed by atoms with E-state index in [0.717, 1.165) is 31.4 Å². The Bertz CT molecular complexity index is 534. The number of nitrogens with one attached hydrogen (secondary N) is 2. The van der Waals surface area contributed by atoms with Gasteiger partial charge in [-0.25, -0.2) is 4.79 Å². The van der Waals surface area contributed by atoms with Crippen molar-refractivity contribution in [1.82, 2.24) is 15.1 Å². The number of carbonyl (C=O) groups is 2. The van der Waals surface area contributed by atoms with Crippen LogP contribution >= 0.6 is 0 Å². The van der Waals surface area contributed by atoms with E-state index >= 15 is 0 Å². The van der Waals surface area contributed by atoms with E-state index in [1.165, 1.54) is 0 Å². The summed E-state index contributed by atoms with van der Waals surface area (Å²) >= 11 is 0. The molecule has 1 fully saturated rings. The van der Waals surface area contributed by atoms with Crippen LogP contribution in [0, 0.1) is 5.41 Å². The quantitative estimate of drug-likeness (QED) is 0.744. The van der Waals surface area contributed by atoms with E-state index in [2.05, 4.69) is 15.7 Å². The van der Waals surface area contributed by atoms with Crippen molar-refractivity contribution in [2.45, 2.75) is 39.0 Å². The number of anilines is 1. The number of carboxylic acids is 1. The van der Waals surface area contributed by atoms with Crippen molar-refractivity contribution in [3.63, 3.8) is 0 Å². The van der Waals surface area contributed by atoms with Gasteiger partial charge in [0.2, 0.25) is 0 Å². The van der Waals surface area contributed by atoms with Crippen LogP contribution in [-0.2, 0) is 18.3 Å². The SMILES string of the molecule is CCc1nn(C)cc1NC(=O)NCC1(CC(=O)O)CCC1. The molecule has 0 radical (unpaired) electrons. The summed E-state index contributed by atoms with van der Waals surface area (Å²) in [5.41, 5.74) is 1.25. The van der Waals surface area contributed by atoms with E-state index in [-0.39, 0.29) is 17.9 Å². The molecule has 2 rings (SSSR count). The lowest BCUT2D eigenvalue weighted by atomic mass is 9.66. The van der Waals surface area contributed by atoms with Crippen LogP contribution in [-0.4, -0.2) is 33.4 Å². The van der Waals surface area contributed by atoms with Gasteiger partial charge in [0.1, 0.15) is 0 Å². The Morgan fingerprint density at radius 1 is 1.48 bits per heavy atom. The molecule has 7 nitrogen and oxygen atoms in total. The van der Waals surface area contributed by atoms with Crippen LogP contribution in [0.4, 0.5) is 10.5 Å². The molecule has 0 aliphatic heterocycles. The minimum Gasteiger partial charge on any atom is -0.481 e. The van der Waals surface area contributed by atoms with Crippen LogP contribution in [0.1, 0.15) is 38.3 Å². The van der Waals surface area contributed by atoms with Crippen molar-refractivity contribution >= 4 is 17.7 Å². The predicted molar refractivity (Wildman–Crippen MR) is 78.1 cm³/mol. The van der Waals surface area contributed by atoms with Crippen molar-refractivity contribution in [2.24, 2.45) is 12.5 Å². The molecular formula is C14H22N4O3.